The standard InChI is InChI=1S/C12H26N2O/c1-6-12(5,11(13)15)14-8-10(4)7-9(2)3/h9-10,14H,6-8H2,1-5H3,(H2,13,15)/t10-,12+/m0/s1. The molecule has 0 saturated carbocycles. The summed E-state index contributed by atoms with van der Waals surface area (Å²) in [6.45, 7) is 11.3. The van der Waals surface area contributed by atoms with Crippen molar-refractivity contribution in [2.24, 2.45) is 17.6 Å². The zero-order valence-corrected chi connectivity index (χ0v) is 10.8. The van der Waals surface area contributed by atoms with Crippen molar-refractivity contribution in [3.8, 4) is 0 Å². The Hall–Kier alpha value is -0.570. The molecule has 1 amide bonds. The summed E-state index contributed by atoms with van der Waals surface area (Å²) in [7, 11) is 0. The van der Waals surface area contributed by atoms with Crippen LogP contribution in [0.25, 0.3) is 0 Å². The summed E-state index contributed by atoms with van der Waals surface area (Å²) in [4.78, 5) is 11.2. The van der Waals surface area contributed by atoms with Gasteiger partial charge in [0.05, 0.1) is 5.54 Å². The molecule has 0 heterocycles. The fourth-order valence-electron chi connectivity index (χ4n) is 1.67. The van der Waals surface area contributed by atoms with Crippen molar-refractivity contribution in [1.82, 2.24) is 5.32 Å². The molecule has 3 N–H and O–H groups in total. The van der Waals surface area contributed by atoms with Crippen LogP contribution in [0.3, 0.4) is 0 Å². The number of nitrogens with two attached hydrogens (primary N) is 1. The smallest absolute Gasteiger partial charge is 0.237 e. The molecule has 15 heavy (non-hydrogen) atoms. The third-order valence-corrected chi connectivity index (χ3v) is 2.97. The van der Waals surface area contributed by atoms with Crippen LogP contribution in [0.1, 0.15) is 47.5 Å². The molecule has 0 aliphatic rings. The summed E-state index contributed by atoms with van der Waals surface area (Å²) in [5.41, 5.74) is 4.82. The Bertz CT molecular complexity index is 204. The minimum atomic E-state index is -0.550. The van der Waals surface area contributed by atoms with E-state index < -0.39 is 5.54 Å². The Labute approximate surface area is 93.8 Å². The maximum atomic E-state index is 11.2. The van der Waals surface area contributed by atoms with Gasteiger partial charge in [0.25, 0.3) is 0 Å². The number of carbonyl (C=O) groups excluding carboxylic acids is 1. The van der Waals surface area contributed by atoms with E-state index in [1.54, 1.807) is 0 Å². The summed E-state index contributed by atoms with van der Waals surface area (Å²) in [5, 5.41) is 3.28. The molecule has 3 heteroatoms. The highest BCUT2D eigenvalue weighted by Crippen LogP contribution is 2.13. The maximum Gasteiger partial charge on any atom is 0.237 e. The first-order chi connectivity index (χ1) is 6.81. The first kappa shape index (κ1) is 14.4. The Kier molecular flexibility index (Phi) is 5.88. The van der Waals surface area contributed by atoms with Crippen LogP contribution in [0, 0.1) is 11.8 Å². The molecule has 0 radical (unpaired) electrons. The lowest BCUT2D eigenvalue weighted by Gasteiger charge is -2.28. The van der Waals surface area contributed by atoms with Crippen LogP contribution in [0.2, 0.25) is 0 Å². The van der Waals surface area contributed by atoms with Crippen LogP contribution in [-0.2, 0) is 4.79 Å². The Morgan fingerprint density at radius 1 is 1.40 bits per heavy atom. The number of carbonyl (C=O) groups is 1. The fraction of sp³-hybridized carbons (Fsp3) is 0.917. The molecule has 0 rings (SSSR count). The molecular formula is C12H26N2O. The number of nitrogens with one attached hydrogen (secondary N) is 1. The highest BCUT2D eigenvalue weighted by molar-refractivity contribution is 5.84. The van der Waals surface area contributed by atoms with Crippen molar-refractivity contribution in [1.29, 1.82) is 0 Å². The Balaban J connectivity index is 4.06. The highest BCUT2D eigenvalue weighted by Gasteiger charge is 2.28. The number of rotatable bonds is 7. The van der Waals surface area contributed by atoms with Gasteiger partial charge in [-0.2, -0.15) is 0 Å². The van der Waals surface area contributed by atoms with E-state index in [9.17, 15) is 4.79 Å². The summed E-state index contributed by atoms with van der Waals surface area (Å²) in [5.74, 6) is 1.01. The second-order valence-corrected chi connectivity index (χ2v) is 5.17. The van der Waals surface area contributed by atoms with E-state index in [1.165, 1.54) is 6.42 Å². The monoisotopic (exact) mass is 214 g/mol. The average Bonchev–Trinajstić information content (AvgIpc) is 2.12. The summed E-state index contributed by atoms with van der Waals surface area (Å²) in [6, 6.07) is 0. The number of hydrogen-bond acceptors (Lipinski definition) is 2. The normalized spacial score (nSPS) is 17.5. The second-order valence-electron chi connectivity index (χ2n) is 5.17. The van der Waals surface area contributed by atoms with Crippen LogP contribution in [0.15, 0.2) is 0 Å². The second kappa shape index (κ2) is 6.11. The van der Waals surface area contributed by atoms with Gasteiger partial charge < -0.3 is 11.1 Å². The molecule has 0 aliphatic heterocycles. The number of amides is 1. The molecule has 3 nitrogen and oxygen atoms in total. The molecule has 0 aromatic heterocycles. The zero-order valence-electron chi connectivity index (χ0n) is 10.8. The van der Waals surface area contributed by atoms with Gasteiger partial charge in [-0.1, -0.05) is 27.7 Å². The molecule has 0 aromatic rings. The van der Waals surface area contributed by atoms with E-state index in [0.29, 0.717) is 11.8 Å². The van der Waals surface area contributed by atoms with Crippen LogP contribution in [0.4, 0.5) is 0 Å². The van der Waals surface area contributed by atoms with Gasteiger partial charge >= 0.3 is 0 Å². The molecule has 90 valence electrons. The van der Waals surface area contributed by atoms with Crippen molar-refractivity contribution >= 4 is 5.91 Å². The van der Waals surface area contributed by atoms with Crippen molar-refractivity contribution in [3.63, 3.8) is 0 Å². The van der Waals surface area contributed by atoms with Crippen molar-refractivity contribution < 1.29 is 4.79 Å². The minimum Gasteiger partial charge on any atom is -0.368 e. The largest absolute Gasteiger partial charge is 0.368 e. The molecule has 0 saturated heterocycles. The Morgan fingerprint density at radius 2 is 1.93 bits per heavy atom. The van der Waals surface area contributed by atoms with Gasteiger partial charge in [0.15, 0.2) is 0 Å². The van der Waals surface area contributed by atoms with E-state index in [-0.39, 0.29) is 5.91 Å². The van der Waals surface area contributed by atoms with Gasteiger partial charge in [-0.3, -0.25) is 4.79 Å². The van der Waals surface area contributed by atoms with E-state index in [4.69, 9.17) is 5.73 Å². The topological polar surface area (TPSA) is 55.1 Å². The lowest BCUT2D eigenvalue weighted by atomic mass is 9.94. The molecule has 0 fully saturated rings. The van der Waals surface area contributed by atoms with Gasteiger partial charge in [0, 0.05) is 0 Å². The minimum absolute atomic E-state index is 0.262. The molecule has 0 aromatic carbocycles. The molecule has 2 atom stereocenters. The predicted molar refractivity (Wildman–Crippen MR) is 64.5 cm³/mol. The summed E-state index contributed by atoms with van der Waals surface area (Å²) >= 11 is 0. The van der Waals surface area contributed by atoms with Crippen LogP contribution in [0.5, 0.6) is 0 Å². The molecular weight excluding hydrogens is 188 g/mol. The zero-order chi connectivity index (χ0) is 12.1. The predicted octanol–water partition coefficient (Wildman–Crippen LogP) is 1.91. The summed E-state index contributed by atoms with van der Waals surface area (Å²) < 4.78 is 0. The van der Waals surface area contributed by atoms with E-state index in [2.05, 4.69) is 26.1 Å². The van der Waals surface area contributed by atoms with E-state index in [1.807, 2.05) is 13.8 Å². The average molecular weight is 214 g/mol. The third kappa shape index (κ3) is 5.17. The quantitative estimate of drug-likeness (QED) is 0.680. The number of primary amides is 1. The first-order valence-corrected chi connectivity index (χ1v) is 5.86. The van der Waals surface area contributed by atoms with Crippen molar-refractivity contribution in [2.75, 3.05) is 6.54 Å². The maximum absolute atomic E-state index is 11.2. The third-order valence-electron chi connectivity index (χ3n) is 2.97. The van der Waals surface area contributed by atoms with Gasteiger partial charge in [0.1, 0.15) is 0 Å². The van der Waals surface area contributed by atoms with Gasteiger partial charge in [-0.15, -0.1) is 0 Å². The van der Waals surface area contributed by atoms with Crippen LogP contribution >= 0.6 is 0 Å². The van der Waals surface area contributed by atoms with Crippen LogP contribution < -0.4 is 11.1 Å². The molecule has 0 unspecified atom stereocenters. The van der Waals surface area contributed by atoms with Crippen molar-refractivity contribution in [3.05, 3.63) is 0 Å². The van der Waals surface area contributed by atoms with Gasteiger partial charge in [0.2, 0.25) is 5.91 Å². The van der Waals surface area contributed by atoms with E-state index >= 15 is 0 Å². The summed E-state index contributed by atoms with van der Waals surface area (Å²) in [6.07, 6.45) is 1.91. The first-order valence-electron chi connectivity index (χ1n) is 5.86. The van der Waals surface area contributed by atoms with E-state index in [0.717, 1.165) is 13.0 Å². The lowest BCUT2D eigenvalue weighted by molar-refractivity contribution is -0.124. The molecule has 0 aliphatic carbocycles. The van der Waals surface area contributed by atoms with Crippen LogP contribution in [-0.4, -0.2) is 18.0 Å². The lowest BCUT2D eigenvalue weighted by Crippen LogP contribution is -2.53. The highest BCUT2D eigenvalue weighted by atomic mass is 16.1. The molecule has 0 bridgehead atoms. The molecule has 0 spiro atoms. The fourth-order valence-corrected chi connectivity index (χ4v) is 1.67. The number of hydrogen-bond donors (Lipinski definition) is 2. The van der Waals surface area contributed by atoms with Crippen molar-refractivity contribution in [2.45, 2.75) is 53.0 Å². The SMILES string of the molecule is CC[C@@](C)(NC[C@@H](C)CC(C)C)C(N)=O. The van der Waals surface area contributed by atoms with Gasteiger partial charge in [-0.25, -0.2) is 0 Å². The van der Waals surface area contributed by atoms with Gasteiger partial charge in [-0.05, 0) is 38.1 Å². The Morgan fingerprint density at radius 3 is 2.27 bits per heavy atom.